The largest absolute Gasteiger partial charge is 0.497 e. The summed E-state index contributed by atoms with van der Waals surface area (Å²) in [5.41, 5.74) is 1.65. The van der Waals surface area contributed by atoms with Crippen molar-refractivity contribution >= 4 is 21.6 Å². The molecule has 0 saturated carbocycles. The third kappa shape index (κ3) is 6.64. The third-order valence-corrected chi connectivity index (χ3v) is 6.14. The Labute approximate surface area is 200 Å². The second-order valence-corrected chi connectivity index (χ2v) is 9.33. The van der Waals surface area contributed by atoms with Crippen LogP contribution in [0.5, 0.6) is 17.2 Å². The molecule has 0 fully saturated rings. The van der Waals surface area contributed by atoms with E-state index in [1.54, 1.807) is 79.9 Å². The van der Waals surface area contributed by atoms with E-state index in [-0.39, 0.29) is 12.5 Å². The molecular weight excluding hydrogens is 456 g/mol. The van der Waals surface area contributed by atoms with E-state index in [0.717, 1.165) is 17.6 Å². The predicted octanol–water partition coefficient (Wildman–Crippen LogP) is 3.48. The maximum atomic E-state index is 12.4. The quantitative estimate of drug-likeness (QED) is 0.419. The van der Waals surface area contributed by atoms with Crippen molar-refractivity contribution in [3.05, 3.63) is 83.9 Å². The van der Waals surface area contributed by atoms with Gasteiger partial charge in [-0.05, 0) is 54.1 Å². The zero-order valence-electron chi connectivity index (χ0n) is 19.4. The van der Waals surface area contributed by atoms with Gasteiger partial charge in [-0.1, -0.05) is 24.3 Å². The van der Waals surface area contributed by atoms with Crippen LogP contribution in [-0.2, 0) is 16.6 Å². The van der Waals surface area contributed by atoms with E-state index in [0.29, 0.717) is 35.9 Å². The second kappa shape index (κ2) is 11.4. The van der Waals surface area contributed by atoms with Crippen LogP contribution in [-0.4, -0.2) is 48.0 Å². The Kier molecular flexibility index (Phi) is 8.37. The number of carbonyl (C=O) groups excluding carboxylic acids is 1. The average molecular weight is 485 g/mol. The average Bonchev–Trinajstić information content (AvgIpc) is 2.85. The van der Waals surface area contributed by atoms with E-state index in [1.807, 2.05) is 0 Å². The van der Waals surface area contributed by atoms with Crippen molar-refractivity contribution in [2.45, 2.75) is 6.54 Å². The number of ether oxygens (including phenoxy) is 3. The Morgan fingerprint density at radius 1 is 0.882 bits per heavy atom. The van der Waals surface area contributed by atoms with Gasteiger partial charge in [-0.3, -0.25) is 9.10 Å². The number of carbonyl (C=O) groups is 1. The number of para-hydroxylation sites is 2. The highest BCUT2D eigenvalue weighted by Crippen LogP contribution is 2.30. The lowest BCUT2D eigenvalue weighted by molar-refractivity contribution is 0.0947. The smallest absolute Gasteiger partial charge is 0.251 e. The highest BCUT2D eigenvalue weighted by atomic mass is 32.2. The Morgan fingerprint density at radius 2 is 1.53 bits per heavy atom. The van der Waals surface area contributed by atoms with Crippen molar-refractivity contribution < 1.29 is 27.4 Å². The van der Waals surface area contributed by atoms with Crippen LogP contribution < -0.4 is 23.8 Å². The first-order chi connectivity index (χ1) is 16.3. The fourth-order valence-electron chi connectivity index (χ4n) is 3.25. The molecule has 9 heteroatoms. The van der Waals surface area contributed by atoms with Crippen molar-refractivity contribution in [2.75, 3.05) is 37.9 Å². The van der Waals surface area contributed by atoms with Gasteiger partial charge in [0.1, 0.15) is 23.9 Å². The molecule has 0 aliphatic carbocycles. The van der Waals surface area contributed by atoms with Gasteiger partial charge in [-0.25, -0.2) is 8.42 Å². The molecule has 34 heavy (non-hydrogen) atoms. The molecule has 0 spiro atoms. The Bertz CT molecular complexity index is 1190. The fraction of sp³-hybridized carbons (Fsp3) is 0.240. The van der Waals surface area contributed by atoms with Crippen LogP contribution in [0.15, 0.2) is 72.8 Å². The first-order valence-electron chi connectivity index (χ1n) is 10.6. The number of sulfonamides is 1. The summed E-state index contributed by atoms with van der Waals surface area (Å²) in [6.45, 7) is 0.761. The van der Waals surface area contributed by atoms with Crippen LogP contribution in [0.2, 0.25) is 0 Å². The summed E-state index contributed by atoms with van der Waals surface area (Å²) >= 11 is 0. The maximum absolute atomic E-state index is 12.4. The summed E-state index contributed by atoms with van der Waals surface area (Å²) in [4.78, 5) is 12.4. The van der Waals surface area contributed by atoms with Gasteiger partial charge in [0.25, 0.3) is 5.91 Å². The second-order valence-electron chi connectivity index (χ2n) is 7.42. The monoisotopic (exact) mass is 484 g/mol. The molecule has 0 aliphatic heterocycles. The molecule has 0 aromatic heterocycles. The van der Waals surface area contributed by atoms with Gasteiger partial charge in [-0.2, -0.15) is 0 Å². The van der Waals surface area contributed by atoms with Gasteiger partial charge >= 0.3 is 0 Å². The SMILES string of the molecule is COc1ccc(OCCNC(=O)c2ccc(CN(c3ccccc3OC)S(C)(=O)=O)cc2)cc1. The molecule has 0 aliphatic rings. The first-order valence-corrected chi connectivity index (χ1v) is 12.4. The molecule has 0 unspecified atom stereocenters. The molecule has 1 N–H and O–H groups in total. The minimum absolute atomic E-state index is 0.108. The Hall–Kier alpha value is -3.72. The van der Waals surface area contributed by atoms with Crippen molar-refractivity contribution in [3.63, 3.8) is 0 Å². The Balaban J connectivity index is 1.58. The summed E-state index contributed by atoms with van der Waals surface area (Å²) in [7, 11) is -0.472. The van der Waals surface area contributed by atoms with Crippen LogP contribution in [0.1, 0.15) is 15.9 Å². The van der Waals surface area contributed by atoms with E-state index < -0.39 is 10.0 Å². The molecule has 3 aromatic rings. The molecule has 180 valence electrons. The number of anilines is 1. The molecule has 0 bridgehead atoms. The number of hydrogen-bond donors (Lipinski definition) is 1. The summed E-state index contributed by atoms with van der Waals surface area (Å²) in [6, 6.07) is 20.9. The van der Waals surface area contributed by atoms with Crippen LogP contribution in [0.25, 0.3) is 0 Å². The van der Waals surface area contributed by atoms with E-state index in [2.05, 4.69) is 5.32 Å². The van der Waals surface area contributed by atoms with Crippen molar-refractivity contribution in [1.29, 1.82) is 0 Å². The Morgan fingerprint density at radius 3 is 2.15 bits per heavy atom. The molecule has 8 nitrogen and oxygen atoms in total. The molecule has 3 rings (SSSR count). The highest BCUT2D eigenvalue weighted by Gasteiger charge is 2.21. The summed E-state index contributed by atoms with van der Waals surface area (Å²) in [6.07, 6.45) is 1.15. The number of amides is 1. The lowest BCUT2D eigenvalue weighted by atomic mass is 10.1. The molecule has 0 radical (unpaired) electrons. The van der Waals surface area contributed by atoms with Crippen LogP contribution >= 0.6 is 0 Å². The molecule has 1 amide bonds. The van der Waals surface area contributed by atoms with E-state index in [1.165, 1.54) is 11.4 Å². The van der Waals surface area contributed by atoms with Gasteiger partial charge in [0.05, 0.1) is 39.3 Å². The topological polar surface area (TPSA) is 94.2 Å². The standard InChI is InChI=1S/C25H28N2O6S/c1-31-21-12-14-22(15-13-21)33-17-16-26-25(28)20-10-8-19(9-11-20)18-27(34(3,29)30)23-6-4-5-7-24(23)32-2/h4-15H,16-18H2,1-3H3,(H,26,28). The zero-order chi connectivity index (χ0) is 24.6. The zero-order valence-corrected chi connectivity index (χ0v) is 20.2. The lowest BCUT2D eigenvalue weighted by Crippen LogP contribution is -2.30. The normalized spacial score (nSPS) is 10.9. The van der Waals surface area contributed by atoms with Gasteiger partial charge in [0.15, 0.2) is 0 Å². The number of benzene rings is 3. The number of nitrogens with zero attached hydrogens (tertiary/aromatic N) is 1. The van der Waals surface area contributed by atoms with Crippen molar-refractivity contribution in [3.8, 4) is 17.2 Å². The van der Waals surface area contributed by atoms with E-state index in [4.69, 9.17) is 14.2 Å². The fourth-order valence-corrected chi connectivity index (χ4v) is 4.14. The van der Waals surface area contributed by atoms with Crippen molar-refractivity contribution in [1.82, 2.24) is 5.32 Å². The van der Waals surface area contributed by atoms with Crippen molar-refractivity contribution in [2.24, 2.45) is 0 Å². The number of methoxy groups -OCH3 is 2. The molecular formula is C25H28N2O6S. The van der Waals surface area contributed by atoms with E-state index >= 15 is 0 Å². The van der Waals surface area contributed by atoms with Gasteiger partial charge in [-0.15, -0.1) is 0 Å². The third-order valence-electron chi connectivity index (χ3n) is 5.01. The summed E-state index contributed by atoms with van der Waals surface area (Å²) in [5, 5.41) is 2.81. The summed E-state index contributed by atoms with van der Waals surface area (Å²) < 4.78 is 42.2. The minimum atomic E-state index is -3.56. The predicted molar refractivity (Wildman–Crippen MR) is 131 cm³/mol. The minimum Gasteiger partial charge on any atom is -0.497 e. The molecule has 0 heterocycles. The van der Waals surface area contributed by atoms with Gasteiger partial charge < -0.3 is 19.5 Å². The number of rotatable bonds is 11. The molecule has 0 atom stereocenters. The van der Waals surface area contributed by atoms with Gasteiger partial charge in [0.2, 0.25) is 10.0 Å². The molecule has 0 saturated heterocycles. The lowest BCUT2D eigenvalue weighted by Gasteiger charge is -2.24. The highest BCUT2D eigenvalue weighted by molar-refractivity contribution is 7.92. The van der Waals surface area contributed by atoms with Crippen LogP contribution in [0.4, 0.5) is 5.69 Å². The van der Waals surface area contributed by atoms with Gasteiger partial charge in [0, 0.05) is 5.56 Å². The maximum Gasteiger partial charge on any atom is 0.251 e. The van der Waals surface area contributed by atoms with Crippen LogP contribution in [0.3, 0.4) is 0 Å². The first kappa shape index (κ1) is 24.9. The van der Waals surface area contributed by atoms with E-state index in [9.17, 15) is 13.2 Å². The number of hydrogen-bond acceptors (Lipinski definition) is 6. The summed E-state index contributed by atoms with van der Waals surface area (Å²) in [5.74, 6) is 1.65. The number of nitrogens with one attached hydrogen (secondary N) is 1. The molecule has 3 aromatic carbocycles. The van der Waals surface area contributed by atoms with Crippen LogP contribution in [0, 0.1) is 0 Å².